The first-order chi connectivity index (χ1) is 10.3. The zero-order valence-electron chi connectivity index (χ0n) is 14.0. The minimum absolute atomic E-state index is 0.00572. The van der Waals surface area contributed by atoms with Gasteiger partial charge in [-0.2, -0.15) is 0 Å². The lowest BCUT2D eigenvalue weighted by molar-refractivity contribution is 0.220. The molecule has 0 radical (unpaired) electrons. The highest BCUT2D eigenvalue weighted by Crippen LogP contribution is 2.53. The van der Waals surface area contributed by atoms with Crippen molar-refractivity contribution >= 4 is 15.2 Å². The van der Waals surface area contributed by atoms with Gasteiger partial charge in [0.25, 0.3) is 0 Å². The Balaban J connectivity index is 4.87. The predicted molar refractivity (Wildman–Crippen MR) is 89.7 cm³/mol. The van der Waals surface area contributed by atoms with Crippen LogP contribution in [0.4, 0.5) is 0 Å². The molecule has 0 aromatic carbocycles. The van der Waals surface area contributed by atoms with Gasteiger partial charge in [0.15, 0.2) is 0 Å². The van der Waals surface area contributed by atoms with Gasteiger partial charge in [-0.05, 0) is 38.8 Å². The summed E-state index contributed by atoms with van der Waals surface area (Å²) in [7, 11) is -6.51. The Bertz CT molecular complexity index is 398. The predicted octanol–water partition coefficient (Wildman–Crippen LogP) is 4.63. The van der Waals surface area contributed by atoms with E-state index >= 15 is 0 Å². The van der Waals surface area contributed by atoms with E-state index in [-0.39, 0.29) is 38.8 Å². The molecule has 0 amide bonds. The maximum atomic E-state index is 12.5. The van der Waals surface area contributed by atoms with E-state index in [9.17, 15) is 9.13 Å². The molecule has 0 rings (SSSR count). The van der Waals surface area contributed by atoms with E-state index in [1.54, 1.807) is 27.7 Å². The number of rotatable bonds is 13. The van der Waals surface area contributed by atoms with Crippen molar-refractivity contribution in [3.63, 3.8) is 0 Å². The van der Waals surface area contributed by atoms with Gasteiger partial charge in [-0.1, -0.05) is 13.2 Å². The van der Waals surface area contributed by atoms with Crippen LogP contribution in [0.2, 0.25) is 0 Å². The van der Waals surface area contributed by atoms with Gasteiger partial charge < -0.3 is 18.1 Å². The monoisotopic (exact) mass is 354 g/mol. The summed E-state index contributed by atoms with van der Waals surface area (Å²) < 4.78 is 45.8. The van der Waals surface area contributed by atoms with Crippen LogP contribution in [-0.4, -0.2) is 38.8 Å². The van der Waals surface area contributed by atoms with Crippen LogP contribution in [0.3, 0.4) is 0 Å². The highest BCUT2D eigenvalue weighted by Gasteiger charge is 2.29. The number of hydrogen-bond acceptors (Lipinski definition) is 6. The first kappa shape index (κ1) is 21.8. The van der Waals surface area contributed by atoms with Crippen molar-refractivity contribution in [3.8, 4) is 0 Å². The summed E-state index contributed by atoms with van der Waals surface area (Å²) in [5, 5.41) is 0. The van der Waals surface area contributed by atoms with Gasteiger partial charge >= 0.3 is 15.2 Å². The Morgan fingerprint density at radius 1 is 0.682 bits per heavy atom. The molecule has 0 spiro atoms. The summed E-state index contributed by atoms with van der Waals surface area (Å²) in [4.78, 5) is 0. The third-order valence-electron chi connectivity index (χ3n) is 2.57. The van der Waals surface area contributed by atoms with Crippen LogP contribution < -0.4 is 0 Å². The summed E-state index contributed by atoms with van der Waals surface area (Å²) >= 11 is 0. The Hall–Kier alpha value is -0.220. The van der Waals surface area contributed by atoms with Crippen LogP contribution in [0.25, 0.3) is 0 Å². The molecule has 0 bridgehead atoms. The van der Waals surface area contributed by atoms with E-state index in [4.69, 9.17) is 18.1 Å². The molecule has 0 aliphatic carbocycles. The Morgan fingerprint density at radius 3 is 1.09 bits per heavy atom. The molecule has 0 aliphatic heterocycles. The quantitative estimate of drug-likeness (QED) is 0.355. The lowest BCUT2D eigenvalue weighted by Crippen LogP contribution is -2.07. The van der Waals surface area contributed by atoms with Crippen LogP contribution in [0, 0.1) is 0 Å². The number of allylic oxidation sites excluding steroid dienone is 2. The lowest BCUT2D eigenvalue weighted by Gasteiger charge is -2.21. The molecule has 22 heavy (non-hydrogen) atoms. The molecule has 0 aliphatic rings. The third kappa shape index (κ3) is 7.87. The van der Waals surface area contributed by atoms with Gasteiger partial charge in [0, 0.05) is 0 Å². The SMILES string of the molecule is C=C(CP(=O)(OCC)OCC)C(=C)CP(=O)(OCC)OCC. The molecular formula is C14H28O6P2. The van der Waals surface area contributed by atoms with Gasteiger partial charge in [0.2, 0.25) is 0 Å². The summed E-state index contributed by atoms with van der Waals surface area (Å²) in [6.45, 7) is 15.7. The van der Waals surface area contributed by atoms with Gasteiger partial charge in [-0.3, -0.25) is 9.13 Å². The van der Waals surface area contributed by atoms with Gasteiger partial charge in [-0.15, -0.1) is 0 Å². The average Bonchev–Trinajstić information content (AvgIpc) is 2.38. The Morgan fingerprint density at radius 2 is 0.909 bits per heavy atom. The van der Waals surface area contributed by atoms with Crippen LogP contribution in [0.1, 0.15) is 27.7 Å². The second-order valence-corrected chi connectivity index (χ2v) is 8.53. The fraction of sp³-hybridized carbons (Fsp3) is 0.714. The van der Waals surface area contributed by atoms with Crippen LogP contribution in [0.15, 0.2) is 24.3 Å². The van der Waals surface area contributed by atoms with E-state index in [2.05, 4.69) is 13.2 Å². The minimum atomic E-state index is -3.26. The first-order valence-corrected chi connectivity index (χ1v) is 10.8. The largest absolute Gasteiger partial charge is 0.334 e. The maximum absolute atomic E-state index is 12.5. The zero-order chi connectivity index (χ0) is 17.2. The molecule has 0 aromatic rings. The van der Waals surface area contributed by atoms with E-state index in [1.165, 1.54) is 0 Å². The van der Waals surface area contributed by atoms with Crippen molar-refractivity contribution in [1.82, 2.24) is 0 Å². The molecular weight excluding hydrogens is 326 g/mol. The van der Waals surface area contributed by atoms with E-state index in [1.807, 2.05) is 0 Å². The Labute approximate surface area is 133 Å². The molecule has 0 unspecified atom stereocenters. The van der Waals surface area contributed by atoms with Crippen molar-refractivity contribution < 1.29 is 27.2 Å². The maximum Gasteiger partial charge on any atom is 0.334 e. The highest BCUT2D eigenvalue weighted by molar-refractivity contribution is 7.54. The molecule has 0 saturated carbocycles. The average molecular weight is 354 g/mol. The highest BCUT2D eigenvalue weighted by atomic mass is 31.2. The fourth-order valence-corrected chi connectivity index (χ4v) is 5.21. The van der Waals surface area contributed by atoms with Crippen LogP contribution in [-0.2, 0) is 27.2 Å². The molecule has 0 N–H and O–H groups in total. The summed E-state index contributed by atoms with van der Waals surface area (Å²) in [5.41, 5.74) is 0.926. The standard InChI is InChI=1S/C14H28O6P2/c1-7-17-21(15,18-8-2)11-13(5)14(6)12-22(16,19-9-3)20-10-4/h5-12H2,1-4H3. The van der Waals surface area contributed by atoms with Crippen molar-refractivity contribution in [3.05, 3.63) is 24.3 Å². The minimum Gasteiger partial charge on any atom is -0.309 e. The third-order valence-corrected chi connectivity index (χ3v) is 6.72. The molecule has 0 saturated heterocycles. The van der Waals surface area contributed by atoms with Crippen molar-refractivity contribution in [2.24, 2.45) is 0 Å². The van der Waals surface area contributed by atoms with E-state index in [0.29, 0.717) is 11.1 Å². The Kier molecular flexibility index (Phi) is 10.4. The summed E-state index contributed by atoms with van der Waals surface area (Å²) in [6.07, 6.45) is 0.0114. The van der Waals surface area contributed by atoms with Crippen molar-refractivity contribution in [2.45, 2.75) is 27.7 Å². The molecule has 6 nitrogen and oxygen atoms in total. The molecule has 0 atom stereocenters. The van der Waals surface area contributed by atoms with Crippen molar-refractivity contribution in [2.75, 3.05) is 38.8 Å². The first-order valence-electron chi connectivity index (χ1n) is 7.38. The lowest BCUT2D eigenvalue weighted by atomic mass is 10.2. The molecule has 0 heterocycles. The normalized spacial score (nSPS) is 12.4. The smallest absolute Gasteiger partial charge is 0.309 e. The molecule has 0 fully saturated rings. The topological polar surface area (TPSA) is 71.1 Å². The molecule has 130 valence electrons. The van der Waals surface area contributed by atoms with Gasteiger partial charge in [-0.25, -0.2) is 0 Å². The van der Waals surface area contributed by atoms with Gasteiger partial charge in [0.1, 0.15) is 0 Å². The molecule has 0 aromatic heterocycles. The second-order valence-electron chi connectivity index (χ2n) is 4.42. The van der Waals surface area contributed by atoms with Crippen molar-refractivity contribution in [1.29, 1.82) is 0 Å². The summed E-state index contributed by atoms with van der Waals surface area (Å²) in [5.74, 6) is 0. The molecule has 8 heteroatoms. The second kappa shape index (κ2) is 10.5. The van der Waals surface area contributed by atoms with Crippen LogP contribution >= 0.6 is 15.2 Å². The van der Waals surface area contributed by atoms with E-state index in [0.717, 1.165) is 0 Å². The van der Waals surface area contributed by atoms with Crippen LogP contribution in [0.5, 0.6) is 0 Å². The summed E-state index contributed by atoms with van der Waals surface area (Å²) in [6, 6.07) is 0. The van der Waals surface area contributed by atoms with Gasteiger partial charge in [0.05, 0.1) is 38.8 Å². The zero-order valence-corrected chi connectivity index (χ0v) is 15.8. The van der Waals surface area contributed by atoms with E-state index < -0.39 is 15.2 Å². The number of hydrogen-bond donors (Lipinski definition) is 0. The fourth-order valence-electron chi connectivity index (χ4n) is 1.74.